The first kappa shape index (κ1) is 14.1. The zero-order chi connectivity index (χ0) is 14.8. The standard InChI is InChI=1S/C9H12N6O4S/c1-15-5-10-7(14-15)2-3-12-20(18,19)8-6(9(16)17)4-11-13-8/h4-5,12H,2-3H2,1H3,(H,11,13)(H,16,17). The molecule has 0 saturated carbocycles. The fourth-order valence-corrected chi connectivity index (χ4v) is 2.62. The molecule has 3 N–H and O–H groups in total. The zero-order valence-corrected chi connectivity index (χ0v) is 11.3. The Morgan fingerprint density at radius 3 is 2.90 bits per heavy atom. The lowest BCUT2D eigenvalue weighted by atomic mass is 10.4. The van der Waals surface area contributed by atoms with Crippen LogP contribution in [0.3, 0.4) is 0 Å². The van der Waals surface area contributed by atoms with Gasteiger partial charge in [0.2, 0.25) is 0 Å². The molecule has 0 unspecified atom stereocenters. The summed E-state index contributed by atoms with van der Waals surface area (Å²) in [5, 5.41) is 18.0. The number of aromatic carboxylic acids is 1. The summed E-state index contributed by atoms with van der Waals surface area (Å²) in [4.78, 5) is 14.8. The first-order chi connectivity index (χ1) is 9.40. The van der Waals surface area contributed by atoms with E-state index in [2.05, 4.69) is 25.0 Å². The average Bonchev–Trinajstić information content (AvgIpc) is 2.97. The Hall–Kier alpha value is -2.27. The van der Waals surface area contributed by atoms with Crippen LogP contribution in [0.15, 0.2) is 17.6 Å². The number of aryl methyl sites for hydroxylation is 1. The van der Waals surface area contributed by atoms with Crippen LogP contribution in [0.2, 0.25) is 0 Å². The smallest absolute Gasteiger partial charge is 0.340 e. The molecule has 2 rings (SSSR count). The van der Waals surface area contributed by atoms with Crippen molar-refractivity contribution < 1.29 is 18.3 Å². The van der Waals surface area contributed by atoms with Crippen LogP contribution in [0.25, 0.3) is 0 Å². The Morgan fingerprint density at radius 2 is 2.30 bits per heavy atom. The van der Waals surface area contributed by atoms with Gasteiger partial charge in [-0.25, -0.2) is 22.9 Å². The van der Waals surface area contributed by atoms with Gasteiger partial charge >= 0.3 is 5.97 Å². The third-order valence-corrected chi connectivity index (χ3v) is 3.82. The first-order valence-electron chi connectivity index (χ1n) is 5.51. The van der Waals surface area contributed by atoms with Gasteiger partial charge in [0.15, 0.2) is 10.9 Å². The van der Waals surface area contributed by atoms with Crippen LogP contribution in [-0.4, -0.2) is 51.0 Å². The van der Waals surface area contributed by atoms with E-state index in [0.717, 1.165) is 6.20 Å². The second kappa shape index (κ2) is 5.38. The summed E-state index contributed by atoms with van der Waals surface area (Å²) >= 11 is 0. The quantitative estimate of drug-likeness (QED) is 0.605. The van der Waals surface area contributed by atoms with Crippen LogP contribution in [-0.2, 0) is 23.5 Å². The molecule has 0 aliphatic carbocycles. The van der Waals surface area contributed by atoms with E-state index in [1.807, 2.05) is 0 Å². The Bertz CT molecular complexity index is 718. The molecule has 108 valence electrons. The third-order valence-electron chi connectivity index (χ3n) is 2.39. The molecule has 0 atom stereocenters. The predicted molar refractivity (Wildman–Crippen MR) is 65.4 cm³/mol. The lowest BCUT2D eigenvalue weighted by Gasteiger charge is -2.04. The lowest BCUT2D eigenvalue weighted by molar-refractivity contribution is 0.0692. The van der Waals surface area contributed by atoms with Crippen molar-refractivity contribution in [3.63, 3.8) is 0 Å². The van der Waals surface area contributed by atoms with E-state index in [9.17, 15) is 13.2 Å². The van der Waals surface area contributed by atoms with E-state index in [4.69, 9.17) is 5.11 Å². The van der Waals surface area contributed by atoms with Crippen LogP contribution in [0.1, 0.15) is 16.2 Å². The minimum Gasteiger partial charge on any atom is -0.478 e. The maximum Gasteiger partial charge on any atom is 0.340 e. The molecule has 2 aromatic rings. The number of aromatic nitrogens is 5. The first-order valence-corrected chi connectivity index (χ1v) is 6.99. The molecule has 10 nitrogen and oxygen atoms in total. The van der Waals surface area contributed by atoms with Gasteiger partial charge in [-0.2, -0.15) is 10.2 Å². The number of rotatable bonds is 6. The summed E-state index contributed by atoms with van der Waals surface area (Å²) in [5.41, 5.74) is -0.409. The second-order valence-corrected chi connectivity index (χ2v) is 5.60. The SMILES string of the molecule is Cn1cnc(CCNS(=O)(=O)c2[nH]ncc2C(=O)O)n1. The normalized spacial score (nSPS) is 11.7. The number of carbonyl (C=O) groups is 1. The number of hydrogen-bond donors (Lipinski definition) is 3. The zero-order valence-electron chi connectivity index (χ0n) is 10.4. The molecular formula is C9H12N6O4S. The molecule has 0 aliphatic rings. The van der Waals surface area contributed by atoms with Crippen molar-refractivity contribution in [2.75, 3.05) is 6.54 Å². The van der Waals surface area contributed by atoms with Gasteiger partial charge in [0.1, 0.15) is 11.9 Å². The highest BCUT2D eigenvalue weighted by Crippen LogP contribution is 2.11. The number of sulfonamides is 1. The fraction of sp³-hybridized carbons (Fsp3) is 0.333. The third kappa shape index (κ3) is 3.00. The van der Waals surface area contributed by atoms with Gasteiger partial charge in [0.05, 0.1) is 6.20 Å². The summed E-state index contributed by atoms with van der Waals surface area (Å²) in [6, 6.07) is 0. The molecular weight excluding hydrogens is 288 g/mol. The van der Waals surface area contributed by atoms with Gasteiger partial charge < -0.3 is 5.11 Å². The van der Waals surface area contributed by atoms with Crippen LogP contribution in [0.4, 0.5) is 0 Å². The number of carboxylic acid groups (broad SMARTS) is 1. The summed E-state index contributed by atoms with van der Waals surface area (Å²) in [6.45, 7) is 0.0461. The highest BCUT2D eigenvalue weighted by molar-refractivity contribution is 7.89. The molecule has 0 amide bonds. The molecule has 20 heavy (non-hydrogen) atoms. The van der Waals surface area contributed by atoms with Crippen molar-refractivity contribution in [2.24, 2.45) is 7.05 Å². The van der Waals surface area contributed by atoms with Crippen molar-refractivity contribution in [1.29, 1.82) is 0 Å². The monoisotopic (exact) mass is 300 g/mol. The number of H-pyrrole nitrogens is 1. The van der Waals surface area contributed by atoms with Crippen molar-refractivity contribution >= 4 is 16.0 Å². The van der Waals surface area contributed by atoms with Gasteiger partial charge in [0.25, 0.3) is 10.0 Å². The molecule has 11 heteroatoms. The Labute approximate surface area is 113 Å². The summed E-state index contributed by atoms with van der Waals surface area (Å²) in [5.74, 6) is -0.885. The molecule has 0 saturated heterocycles. The number of hydrogen-bond acceptors (Lipinski definition) is 6. The van der Waals surface area contributed by atoms with E-state index < -0.39 is 26.6 Å². The second-order valence-electron chi connectivity index (χ2n) is 3.90. The minimum atomic E-state index is -3.97. The van der Waals surface area contributed by atoms with E-state index >= 15 is 0 Å². The van der Waals surface area contributed by atoms with Gasteiger partial charge in [-0.15, -0.1) is 0 Å². The number of carboxylic acids is 1. The van der Waals surface area contributed by atoms with Gasteiger partial charge in [-0.1, -0.05) is 0 Å². The highest BCUT2D eigenvalue weighted by atomic mass is 32.2. The predicted octanol–water partition coefficient (Wildman–Crippen LogP) is -1.24. The molecule has 2 heterocycles. The van der Waals surface area contributed by atoms with E-state index in [1.54, 1.807) is 7.05 Å². The van der Waals surface area contributed by atoms with Crippen molar-refractivity contribution in [2.45, 2.75) is 11.4 Å². The van der Waals surface area contributed by atoms with Crippen molar-refractivity contribution in [3.8, 4) is 0 Å². The van der Waals surface area contributed by atoms with E-state index in [0.29, 0.717) is 5.82 Å². The molecule has 0 spiro atoms. The average molecular weight is 300 g/mol. The lowest BCUT2D eigenvalue weighted by Crippen LogP contribution is -2.28. The van der Waals surface area contributed by atoms with Crippen LogP contribution < -0.4 is 4.72 Å². The summed E-state index contributed by atoms with van der Waals surface area (Å²) < 4.78 is 27.6. The van der Waals surface area contributed by atoms with Crippen LogP contribution in [0, 0.1) is 0 Å². The Morgan fingerprint density at radius 1 is 1.55 bits per heavy atom. The van der Waals surface area contributed by atoms with Crippen molar-refractivity contribution in [1.82, 2.24) is 29.7 Å². The van der Waals surface area contributed by atoms with Gasteiger partial charge in [-0.05, 0) is 0 Å². The molecule has 0 aliphatic heterocycles. The van der Waals surface area contributed by atoms with Gasteiger partial charge in [0, 0.05) is 20.0 Å². The maximum absolute atomic E-state index is 11.9. The van der Waals surface area contributed by atoms with E-state index in [1.165, 1.54) is 11.0 Å². The number of nitrogens with one attached hydrogen (secondary N) is 2. The van der Waals surface area contributed by atoms with E-state index in [-0.39, 0.29) is 13.0 Å². The van der Waals surface area contributed by atoms with Crippen molar-refractivity contribution in [3.05, 3.63) is 23.9 Å². The largest absolute Gasteiger partial charge is 0.478 e. The van der Waals surface area contributed by atoms with Crippen LogP contribution >= 0.6 is 0 Å². The molecule has 0 radical (unpaired) electrons. The Balaban J connectivity index is 2.04. The summed E-state index contributed by atoms with van der Waals surface area (Å²) in [7, 11) is -2.27. The molecule has 0 aromatic carbocycles. The minimum absolute atomic E-state index is 0.0461. The number of aromatic amines is 1. The fourth-order valence-electron chi connectivity index (χ4n) is 1.50. The summed E-state index contributed by atoms with van der Waals surface area (Å²) in [6.07, 6.45) is 2.73. The van der Waals surface area contributed by atoms with Crippen LogP contribution in [0.5, 0.6) is 0 Å². The Kier molecular flexibility index (Phi) is 3.81. The molecule has 0 bridgehead atoms. The topological polar surface area (TPSA) is 143 Å². The molecule has 2 aromatic heterocycles. The van der Waals surface area contributed by atoms with Gasteiger partial charge in [-0.3, -0.25) is 9.78 Å². The number of nitrogens with zero attached hydrogens (tertiary/aromatic N) is 4. The maximum atomic E-state index is 11.9. The molecule has 0 fully saturated rings. The highest BCUT2D eigenvalue weighted by Gasteiger charge is 2.24.